The molecule has 3 unspecified atom stereocenters. The van der Waals surface area contributed by atoms with Gasteiger partial charge in [-0.3, -0.25) is 14.4 Å². The molecule has 3 heterocycles. The molecule has 1 aromatic rings. The lowest BCUT2D eigenvalue weighted by molar-refractivity contribution is -0.154. The number of hydrogen-bond acceptors (Lipinski definition) is 6. The Bertz CT molecular complexity index is 1120. The quantitative estimate of drug-likeness (QED) is 0.183. The first-order chi connectivity index (χ1) is 19.2. The fourth-order valence-corrected chi connectivity index (χ4v) is 9.65. The van der Waals surface area contributed by atoms with E-state index in [2.05, 4.69) is 20.1 Å². The SMILES string of the molecule is C=CCCOC(=O)[C@@H]1[C@@H]2CC(C)C3(S2)C(C(=O)N(CC=C)c2c(C)cccc2Cl)N(CCCCCCO)C(=O)[C@H]13. The number of carbonyl (C=O) groups is 3. The molecule has 0 aliphatic carbocycles. The number of nitrogens with zero attached hydrogens (tertiary/aromatic N) is 2. The summed E-state index contributed by atoms with van der Waals surface area (Å²) in [6, 6.07) is 4.79. The van der Waals surface area contributed by atoms with Gasteiger partial charge in [0.25, 0.3) is 5.91 Å². The van der Waals surface area contributed by atoms with E-state index in [4.69, 9.17) is 16.3 Å². The highest BCUT2D eigenvalue weighted by Crippen LogP contribution is 2.69. The van der Waals surface area contributed by atoms with Gasteiger partial charge in [-0.2, -0.15) is 0 Å². The van der Waals surface area contributed by atoms with Crippen LogP contribution in [0.4, 0.5) is 5.69 Å². The van der Waals surface area contributed by atoms with Crippen LogP contribution >= 0.6 is 23.4 Å². The number of carbonyl (C=O) groups excluding carboxylic acids is 3. The van der Waals surface area contributed by atoms with E-state index in [1.165, 1.54) is 0 Å². The predicted molar refractivity (Wildman–Crippen MR) is 160 cm³/mol. The minimum atomic E-state index is -0.741. The van der Waals surface area contributed by atoms with Crippen LogP contribution in [-0.4, -0.2) is 70.1 Å². The maximum absolute atomic E-state index is 14.7. The number of thioether (sulfide) groups is 1. The first-order valence-corrected chi connectivity index (χ1v) is 15.5. The number of benzene rings is 1. The highest BCUT2D eigenvalue weighted by Gasteiger charge is 2.76. The molecule has 7 nitrogen and oxygen atoms in total. The van der Waals surface area contributed by atoms with Crippen LogP contribution in [0.15, 0.2) is 43.5 Å². The zero-order valence-corrected chi connectivity index (χ0v) is 25.1. The van der Waals surface area contributed by atoms with Crippen molar-refractivity contribution in [3.05, 3.63) is 54.1 Å². The molecule has 1 N–H and O–H groups in total. The Morgan fingerprint density at radius 3 is 2.67 bits per heavy atom. The molecule has 218 valence electrons. The Labute approximate surface area is 246 Å². The second-order valence-electron chi connectivity index (χ2n) is 11.1. The number of aliphatic hydroxyl groups excluding tert-OH is 1. The second-order valence-corrected chi connectivity index (χ2v) is 13.1. The number of para-hydroxylation sites is 1. The van der Waals surface area contributed by atoms with E-state index >= 15 is 0 Å². The Hall–Kier alpha value is -2.29. The second kappa shape index (κ2) is 13.1. The summed E-state index contributed by atoms with van der Waals surface area (Å²) in [5.41, 5.74) is 1.48. The van der Waals surface area contributed by atoms with Crippen molar-refractivity contribution in [2.45, 2.75) is 68.4 Å². The van der Waals surface area contributed by atoms with Crippen molar-refractivity contribution in [3.8, 4) is 0 Å². The van der Waals surface area contributed by atoms with Crippen LogP contribution in [0.2, 0.25) is 5.02 Å². The molecule has 0 aromatic heterocycles. The summed E-state index contributed by atoms with van der Waals surface area (Å²) >= 11 is 8.29. The summed E-state index contributed by atoms with van der Waals surface area (Å²) in [6.45, 7) is 12.6. The highest BCUT2D eigenvalue weighted by molar-refractivity contribution is 8.02. The van der Waals surface area contributed by atoms with E-state index in [1.807, 2.05) is 19.1 Å². The molecule has 3 aliphatic rings. The molecule has 40 heavy (non-hydrogen) atoms. The van der Waals surface area contributed by atoms with Gasteiger partial charge in [-0.05, 0) is 50.2 Å². The molecule has 2 bridgehead atoms. The minimum Gasteiger partial charge on any atom is -0.465 e. The third-order valence-corrected chi connectivity index (χ3v) is 11.0. The third kappa shape index (κ3) is 5.35. The highest BCUT2D eigenvalue weighted by atomic mass is 35.5. The zero-order valence-electron chi connectivity index (χ0n) is 23.5. The van der Waals surface area contributed by atoms with E-state index in [-0.39, 0.29) is 48.7 Å². The number of unbranched alkanes of at least 4 members (excludes halogenated alkanes) is 3. The number of anilines is 1. The average Bonchev–Trinajstić information content (AvgIpc) is 3.51. The van der Waals surface area contributed by atoms with Crippen molar-refractivity contribution >= 4 is 46.8 Å². The number of aliphatic hydroxyl groups is 1. The lowest BCUT2D eigenvalue weighted by Crippen LogP contribution is -2.57. The van der Waals surface area contributed by atoms with Gasteiger partial charge in [0.15, 0.2) is 0 Å². The Morgan fingerprint density at radius 1 is 1.25 bits per heavy atom. The summed E-state index contributed by atoms with van der Waals surface area (Å²) in [4.78, 5) is 45.8. The Morgan fingerprint density at radius 2 is 2.00 bits per heavy atom. The monoisotopic (exact) mass is 588 g/mol. The number of aryl methyl sites for hydroxylation is 1. The van der Waals surface area contributed by atoms with Crippen LogP contribution < -0.4 is 4.90 Å². The van der Waals surface area contributed by atoms with Gasteiger partial charge in [-0.25, -0.2) is 0 Å². The van der Waals surface area contributed by atoms with Crippen molar-refractivity contribution in [1.29, 1.82) is 0 Å². The largest absolute Gasteiger partial charge is 0.465 e. The number of rotatable bonds is 14. The van der Waals surface area contributed by atoms with Crippen LogP contribution in [-0.2, 0) is 19.1 Å². The smallest absolute Gasteiger partial charge is 0.310 e. The number of hydrogen-bond donors (Lipinski definition) is 1. The van der Waals surface area contributed by atoms with Gasteiger partial charge in [-0.15, -0.1) is 24.9 Å². The molecule has 1 spiro atoms. The first-order valence-electron chi connectivity index (χ1n) is 14.3. The number of likely N-dealkylation sites (tertiary alicyclic amines) is 1. The predicted octanol–water partition coefficient (Wildman–Crippen LogP) is 5.18. The molecule has 4 rings (SSSR count). The van der Waals surface area contributed by atoms with E-state index < -0.39 is 22.6 Å². The number of esters is 1. The van der Waals surface area contributed by atoms with Crippen LogP contribution in [0.25, 0.3) is 0 Å². The van der Waals surface area contributed by atoms with Gasteiger partial charge >= 0.3 is 5.97 Å². The minimum absolute atomic E-state index is 0.0555. The molecule has 3 saturated heterocycles. The molecule has 9 heteroatoms. The van der Waals surface area contributed by atoms with Crippen molar-refractivity contribution in [2.24, 2.45) is 17.8 Å². The molecule has 1 aromatic carbocycles. The fourth-order valence-electron chi connectivity index (χ4n) is 6.93. The molecule has 6 atom stereocenters. The van der Waals surface area contributed by atoms with Crippen LogP contribution in [0.3, 0.4) is 0 Å². The Kier molecular flexibility index (Phi) is 10.1. The third-order valence-electron chi connectivity index (χ3n) is 8.66. The molecule has 3 aliphatic heterocycles. The summed E-state index contributed by atoms with van der Waals surface area (Å²) in [5.74, 6) is -1.83. The molecular formula is C31H41ClN2O5S. The van der Waals surface area contributed by atoms with Crippen molar-refractivity contribution in [1.82, 2.24) is 4.90 Å². The van der Waals surface area contributed by atoms with Crippen LogP contribution in [0, 0.1) is 24.7 Å². The van der Waals surface area contributed by atoms with E-state index in [0.717, 1.165) is 24.8 Å². The van der Waals surface area contributed by atoms with Gasteiger partial charge in [0.05, 0.1) is 33.9 Å². The van der Waals surface area contributed by atoms with Gasteiger partial charge in [0.2, 0.25) is 5.91 Å². The van der Waals surface area contributed by atoms with Crippen LogP contribution in [0.5, 0.6) is 0 Å². The zero-order chi connectivity index (χ0) is 29.0. The van der Waals surface area contributed by atoms with Gasteiger partial charge in [-0.1, -0.05) is 55.7 Å². The fraction of sp³-hybridized carbons (Fsp3) is 0.581. The summed E-state index contributed by atoms with van der Waals surface area (Å²) in [5, 5.41) is 9.57. The molecular weight excluding hydrogens is 548 g/mol. The average molecular weight is 589 g/mol. The van der Waals surface area contributed by atoms with E-state index in [9.17, 15) is 19.5 Å². The maximum atomic E-state index is 14.7. The van der Waals surface area contributed by atoms with Crippen molar-refractivity contribution in [3.63, 3.8) is 0 Å². The lowest BCUT2D eigenvalue weighted by Gasteiger charge is -2.40. The van der Waals surface area contributed by atoms with Crippen molar-refractivity contribution < 1.29 is 24.2 Å². The lowest BCUT2D eigenvalue weighted by atomic mass is 9.66. The topological polar surface area (TPSA) is 87.2 Å². The summed E-state index contributed by atoms with van der Waals surface area (Å²) in [6.07, 6.45) is 7.76. The van der Waals surface area contributed by atoms with Crippen molar-refractivity contribution in [2.75, 3.05) is 31.2 Å². The summed E-state index contributed by atoms with van der Waals surface area (Å²) in [7, 11) is 0. The van der Waals surface area contributed by atoms with Gasteiger partial charge in [0.1, 0.15) is 6.04 Å². The van der Waals surface area contributed by atoms with E-state index in [1.54, 1.807) is 39.8 Å². The number of amides is 2. The first kappa shape index (κ1) is 30.7. The van der Waals surface area contributed by atoms with Crippen LogP contribution in [0.1, 0.15) is 51.0 Å². The number of ether oxygens (including phenoxy) is 1. The molecule has 2 amide bonds. The Balaban J connectivity index is 1.75. The maximum Gasteiger partial charge on any atom is 0.310 e. The summed E-state index contributed by atoms with van der Waals surface area (Å²) < 4.78 is 4.87. The standard InChI is InChI=1S/C31H41ClN2O5S/c1-5-7-18-39-30(38)24-23-19-21(4)31(40-23)25(24)28(36)34(16-10-8-9-11-17-35)27(31)29(37)33(15-6-2)26-20(3)13-12-14-22(26)32/h5-6,12-14,21,23-25,27,35H,1-2,7-11,15-19H2,3-4H3/t21?,23-,24+,25-,27?,31?/m0/s1. The number of fused-ring (bicyclic) bond motifs is 1. The van der Waals surface area contributed by atoms with Gasteiger partial charge in [0, 0.05) is 24.9 Å². The molecule has 0 radical (unpaired) electrons. The molecule has 0 saturated carbocycles. The molecule has 3 fully saturated rings. The number of halogens is 1. The normalized spacial score (nSPS) is 28.4. The van der Waals surface area contributed by atoms with E-state index in [0.29, 0.717) is 36.5 Å². The van der Waals surface area contributed by atoms with Gasteiger partial charge < -0.3 is 19.6 Å².